The lowest BCUT2D eigenvalue weighted by molar-refractivity contribution is 0.187. The number of halogens is 2. The van der Waals surface area contributed by atoms with Gasteiger partial charge in [0.2, 0.25) is 0 Å². The molecule has 4 heteroatoms. The van der Waals surface area contributed by atoms with Crippen molar-refractivity contribution in [1.82, 2.24) is 0 Å². The Hall–Kier alpha value is 0.880. The maximum atomic E-state index is 5.07. The van der Waals surface area contributed by atoms with Gasteiger partial charge < -0.3 is 9.47 Å². The van der Waals surface area contributed by atoms with Crippen molar-refractivity contribution in [2.24, 2.45) is 11.8 Å². The Morgan fingerprint density at radius 2 is 1.33 bits per heavy atom. The van der Waals surface area contributed by atoms with Crippen molar-refractivity contribution >= 4 is 31.9 Å². The van der Waals surface area contributed by atoms with Gasteiger partial charge in [-0.25, -0.2) is 0 Å². The van der Waals surface area contributed by atoms with E-state index in [-0.39, 0.29) is 3.23 Å². The van der Waals surface area contributed by atoms with Crippen molar-refractivity contribution in [3.63, 3.8) is 0 Å². The summed E-state index contributed by atoms with van der Waals surface area (Å²) in [5, 5.41) is 0. The van der Waals surface area contributed by atoms with Crippen LogP contribution in [0, 0.1) is 11.8 Å². The summed E-state index contributed by atoms with van der Waals surface area (Å²) >= 11 is 7.52. The van der Waals surface area contributed by atoms with Gasteiger partial charge in [0.15, 0.2) is 0 Å². The molecule has 90 valence electrons. The Bertz CT molecular complexity index is 167. The van der Waals surface area contributed by atoms with E-state index >= 15 is 0 Å². The molecule has 15 heavy (non-hydrogen) atoms. The maximum Gasteiger partial charge on any atom is 0.0868 e. The smallest absolute Gasteiger partial charge is 0.0868 e. The second-order valence-corrected chi connectivity index (χ2v) is 7.85. The Labute approximate surface area is 109 Å². The standard InChI is InChI=1S/C11H20Br2O2/c1-14-7-3-5-9-10(11(9,12)13)6-4-8-15-2/h9-10H,3-8H2,1-2H3/t9-,10+. The largest absolute Gasteiger partial charge is 0.385 e. The normalized spacial score (nSPS) is 28.0. The van der Waals surface area contributed by atoms with Crippen LogP contribution in [0.5, 0.6) is 0 Å². The van der Waals surface area contributed by atoms with Gasteiger partial charge in [0.25, 0.3) is 0 Å². The molecule has 0 saturated heterocycles. The fraction of sp³-hybridized carbons (Fsp3) is 1.00. The third-order valence-corrected chi connectivity index (χ3v) is 5.44. The molecule has 0 aromatic heterocycles. The average Bonchev–Trinajstić information content (AvgIpc) is 2.70. The van der Waals surface area contributed by atoms with Crippen LogP contribution in [0.2, 0.25) is 0 Å². The quantitative estimate of drug-likeness (QED) is 0.495. The molecule has 0 aromatic carbocycles. The Morgan fingerprint density at radius 1 is 0.933 bits per heavy atom. The highest BCUT2D eigenvalue weighted by Gasteiger charge is 2.59. The number of methoxy groups -OCH3 is 2. The zero-order chi connectivity index (χ0) is 11.3. The van der Waals surface area contributed by atoms with Gasteiger partial charge in [-0.2, -0.15) is 0 Å². The van der Waals surface area contributed by atoms with Crippen LogP contribution >= 0.6 is 31.9 Å². The predicted octanol–water partition coefficient (Wildman–Crippen LogP) is 3.57. The van der Waals surface area contributed by atoms with Gasteiger partial charge in [0.05, 0.1) is 3.23 Å². The number of ether oxygens (including phenoxy) is 2. The van der Waals surface area contributed by atoms with Crippen molar-refractivity contribution in [3.8, 4) is 0 Å². The van der Waals surface area contributed by atoms with Crippen LogP contribution in [-0.2, 0) is 9.47 Å². The lowest BCUT2D eigenvalue weighted by Gasteiger charge is -1.99. The third kappa shape index (κ3) is 3.99. The van der Waals surface area contributed by atoms with Gasteiger partial charge in [-0.3, -0.25) is 0 Å². The molecule has 2 atom stereocenters. The third-order valence-electron chi connectivity index (χ3n) is 3.09. The monoisotopic (exact) mass is 342 g/mol. The molecule has 1 fully saturated rings. The fourth-order valence-electron chi connectivity index (χ4n) is 2.14. The van der Waals surface area contributed by atoms with E-state index in [9.17, 15) is 0 Å². The first-order valence-corrected chi connectivity index (χ1v) is 7.08. The zero-order valence-electron chi connectivity index (χ0n) is 9.47. The van der Waals surface area contributed by atoms with Crippen LogP contribution in [0.15, 0.2) is 0 Å². The van der Waals surface area contributed by atoms with Gasteiger partial charge in [-0.1, -0.05) is 31.9 Å². The SMILES string of the molecule is COCCC[C@@H]1[C@H](CCCOC)C1(Br)Br. The molecule has 0 heterocycles. The van der Waals surface area contributed by atoms with E-state index in [1.165, 1.54) is 12.8 Å². The first kappa shape index (κ1) is 13.9. The molecule has 0 bridgehead atoms. The molecular formula is C11H20Br2O2. The lowest BCUT2D eigenvalue weighted by atomic mass is 10.1. The molecule has 0 radical (unpaired) electrons. The summed E-state index contributed by atoms with van der Waals surface area (Å²) in [7, 11) is 3.52. The van der Waals surface area contributed by atoms with Crippen molar-refractivity contribution in [2.75, 3.05) is 27.4 Å². The zero-order valence-corrected chi connectivity index (χ0v) is 12.6. The van der Waals surface area contributed by atoms with Crippen LogP contribution < -0.4 is 0 Å². The minimum atomic E-state index is 0.196. The van der Waals surface area contributed by atoms with Crippen molar-refractivity contribution in [3.05, 3.63) is 0 Å². The summed E-state index contributed by atoms with van der Waals surface area (Å²) in [6, 6.07) is 0. The number of alkyl halides is 2. The first-order chi connectivity index (χ1) is 7.14. The van der Waals surface area contributed by atoms with Crippen molar-refractivity contribution < 1.29 is 9.47 Å². The van der Waals surface area contributed by atoms with Crippen LogP contribution in [-0.4, -0.2) is 30.7 Å². The molecule has 2 nitrogen and oxygen atoms in total. The summed E-state index contributed by atoms with van der Waals surface area (Å²) in [4.78, 5) is 0. The molecule has 1 saturated carbocycles. The van der Waals surface area contributed by atoms with Crippen LogP contribution in [0.25, 0.3) is 0 Å². The Morgan fingerprint density at radius 3 is 1.67 bits per heavy atom. The minimum absolute atomic E-state index is 0.196. The highest BCUT2D eigenvalue weighted by molar-refractivity contribution is 9.25. The number of hydrogen-bond acceptors (Lipinski definition) is 2. The summed E-state index contributed by atoms with van der Waals surface area (Å²) in [5.74, 6) is 1.51. The van der Waals surface area contributed by atoms with Gasteiger partial charge in [-0.15, -0.1) is 0 Å². The summed E-state index contributed by atoms with van der Waals surface area (Å²) < 4.78 is 10.3. The first-order valence-electron chi connectivity index (χ1n) is 5.50. The molecular weight excluding hydrogens is 324 g/mol. The Kier molecular flexibility index (Phi) is 6.11. The lowest BCUT2D eigenvalue weighted by Crippen LogP contribution is -1.93. The maximum absolute atomic E-state index is 5.07. The summed E-state index contributed by atoms with van der Waals surface area (Å²) in [5.41, 5.74) is 0. The minimum Gasteiger partial charge on any atom is -0.385 e. The van der Waals surface area contributed by atoms with Crippen molar-refractivity contribution in [1.29, 1.82) is 0 Å². The van der Waals surface area contributed by atoms with Gasteiger partial charge in [-0.05, 0) is 37.5 Å². The molecule has 1 aliphatic rings. The molecule has 1 aliphatic carbocycles. The van der Waals surface area contributed by atoms with Gasteiger partial charge in [0.1, 0.15) is 0 Å². The Balaban J connectivity index is 2.16. The second-order valence-electron chi connectivity index (χ2n) is 4.16. The van der Waals surface area contributed by atoms with E-state index in [0.717, 1.165) is 37.9 Å². The average molecular weight is 344 g/mol. The van der Waals surface area contributed by atoms with E-state index in [2.05, 4.69) is 31.9 Å². The molecule has 1 rings (SSSR count). The molecule has 0 unspecified atom stereocenters. The number of rotatable bonds is 8. The predicted molar refractivity (Wildman–Crippen MR) is 69.8 cm³/mol. The van der Waals surface area contributed by atoms with Crippen LogP contribution in [0.4, 0.5) is 0 Å². The summed E-state index contributed by atoms with van der Waals surface area (Å²) in [6.07, 6.45) is 4.78. The topological polar surface area (TPSA) is 18.5 Å². The van der Waals surface area contributed by atoms with Crippen LogP contribution in [0.3, 0.4) is 0 Å². The molecule has 0 spiro atoms. The second kappa shape index (κ2) is 6.58. The number of hydrogen-bond donors (Lipinski definition) is 0. The molecule has 0 amide bonds. The van der Waals surface area contributed by atoms with E-state index in [0.29, 0.717) is 0 Å². The summed E-state index contributed by atoms with van der Waals surface area (Å²) in [6.45, 7) is 1.74. The van der Waals surface area contributed by atoms with Gasteiger partial charge in [0, 0.05) is 27.4 Å². The fourth-order valence-corrected chi connectivity index (χ4v) is 4.07. The van der Waals surface area contributed by atoms with Gasteiger partial charge >= 0.3 is 0 Å². The van der Waals surface area contributed by atoms with E-state index in [4.69, 9.17) is 9.47 Å². The molecule has 0 aromatic rings. The highest BCUT2D eigenvalue weighted by atomic mass is 79.9. The van der Waals surface area contributed by atoms with E-state index in [1.807, 2.05) is 0 Å². The molecule has 0 N–H and O–H groups in total. The molecule has 0 aliphatic heterocycles. The van der Waals surface area contributed by atoms with E-state index < -0.39 is 0 Å². The van der Waals surface area contributed by atoms with Crippen LogP contribution in [0.1, 0.15) is 25.7 Å². The van der Waals surface area contributed by atoms with Crippen molar-refractivity contribution in [2.45, 2.75) is 28.9 Å². The highest BCUT2D eigenvalue weighted by Crippen LogP contribution is 2.65. The van der Waals surface area contributed by atoms with E-state index in [1.54, 1.807) is 14.2 Å².